The van der Waals surface area contributed by atoms with Crippen molar-refractivity contribution >= 4 is 23.5 Å². The van der Waals surface area contributed by atoms with Crippen LogP contribution >= 0.6 is 0 Å². The Morgan fingerprint density at radius 2 is 1.93 bits per heavy atom. The average molecular weight is 400 g/mol. The van der Waals surface area contributed by atoms with Crippen LogP contribution in [0, 0.1) is 0 Å². The maximum Gasteiger partial charge on any atom is 0.160 e. The van der Waals surface area contributed by atoms with E-state index >= 15 is 0 Å². The summed E-state index contributed by atoms with van der Waals surface area (Å²) in [6.07, 6.45) is 6.92. The van der Waals surface area contributed by atoms with Crippen molar-refractivity contribution in [3.05, 3.63) is 79.4 Å². The van der Waals surface area contributed by atoms with Crippen LogP contribution in [0.15, 0.2) is 84.5 Å². The number of hydrazone groups is 1. The number of fused-ring (bicyclic) bond motifs is 1. The molecule has 0 unspecified atom stereocenters. The Balaban J connectivity index is 1.72. The lowest BCUT2D eigenvalue weighted by molar-refractivity contribution is 0.122. The van der Waals surface area contributed by atoms with Crippen LogP contribution in [0.25, 0.3) is 16.9 Å². The fourth-order valence-corrected chi connectivity index (χ4v) is 3.26. The van der Waals surface area contributed by atoms with Gasteiger partial charge in [0.15, 0.2) is 11.5 Å². The van der Waals surface area contributed by atoms with Gasteiger partial charge in [-0.05, 0) is 5.57 Å². The third-order valence-electron chi connectivity index (χ3n) is 4.75. The summed E-state index contributed by atoms with van der Waals surface area (Å²) in [5.74, 6) is 1.59. The average Bonchev–Trinajstić information content (AvgIpc) is 3.23. The van der Waals surface area contributed by atoms with E-state index in [1.54, 1.807) is 18.4 Å². The van der Waals surface area contributed by atoms with Gasteiger partial charge in [-0.2, -0.15) is 14.7 Å². The summed E-state index contributed by atoms with van der Waals surface area (Å²) >= 11 is 0. The summed E-state index contributed by atoms with van der Waals surface area (Å²) in [6.45, 7) is 10.4. The molecule has 0 aliphatic carbocycles. The zero-order chi connectivity index (χ0) is 20.8. The summed E-state index contributed by atoms with van der Waals surface area (Å²) < 4.78 is 7.40. The number of morpholine rings is 1. The molecule has 0 spiro atoms. The van der Waals surface area contributed by atoms with Crippen LogP contribution in [-0.4, -0.2) is 47.1 Å². The van der Waals surface area contributed by atoms with Crippen LogP contribution in [0.2, 0.25) is 0 Å². The number of nitrogens with zero attached hydrogens (tertiary/aromatic N) is 5. The minimum Gasteiger partial charge on any atom is -0.378 e. The molecular weight excluding hydrogens is 376 g/mol. The second-order valence-electron chi connectivity index (χ2n) is 6.74. The van der Waals surface area contributed by atoms with Gasteiger partial charge < -0.3 is 9.64 Å². The van der Waals surface area contributed by atoms with Gasteiger partial charge in [0.2, 0.25) is 0 Å². The highest BCUT2D eigenvalue weighted by atomic mass is 16.5. The molecule has 1 aromatic carbocycles. The number of allylic oxidation sites excluding steroid dienone is 4. The third-order valence-corrected chi connectivity index (χ3v) is 4.75. The molecule has 7 nitrogen and oxygen atoms in total. The lowest BCUT2D eigenvalue weighted by Crippen LogP contribution is -2.37. The Morgan fingerprint density at radius 3 is 2.67 bits per heavy atom. The molecule has 3 heterocycles. The summed E-state index contributed by atoms with van der Waals surface area (Å²) in [5.41, 5.74) is 6.55. The van der Waals surface area contributed by atoms with Crippen molar-refractivity contribution in [2.24, 2.45) is 5.10 Å². The molecule has 0 radical (unpaired) electrons. The number of benzene rings is 1. The fourth-order valence-electron chi connectivity index (χ4n) is 3.26. The topological polar surface area (TPSA) is 67.0 Å². The number of aromatic nitrogens is 3. The van der Waals surface area contributed by atoms with Gasteiger partial charge in [0.25, 0.3) is 0 Å². The highest BCUT2D eigenvalue weighted by Crippen LogP contribution is 2.25. The molecule has 1 saturated heterocycles. The highest BCUT2D eigenvalue weighted by molar-refractivity contribution is 5.83. The van der Waals surface area contributed by atoms with E-state index in [1.165, 1.54) is 0 Å². The van der Waals surface area contributed by atoms with Crippen LogP contribution < -0.4 is 10.3 Å². The molecule has 0 saturated carbocycles. The molecular formula is C23H24N6O. The van der Waals surface area contributed by atoms with Crippen molar-refractivity contribution in [1.82, 2.24) is 14.6 Å². The number of rotatable bonds is 7. The van der Waals surface area contributed by atoms with Gasteiger partial charge in [0.1, 0.15) is 5.82 Å². The quantitative estimate of drug-likeness (QED) is 0.370. The van der Waals surface area contributed by atoms with Gasteiger partial charge in [-0.25, -0.2) is 4.98 Å². The summed E-state index contributed by atoms with van der Waals surface area (Å²) in [6, 6.07) is 14.0. The number of nitrogens with one attached hydrogen (secondary N) is 1. The lowest BCUT2D eigenvalue weighted by atomic mass is 10.2. The van der Waals surface area contributed by atoms with Gasteiger partial charge in [-0.15, -0.1) is 0 Å². The van der Waals surface area contributed by atoms with E-state index in [9.17, 15) is 0 Å². The second-order valence-corrected chi connectivity index (χ2v) is 6.74. The summed E-state index contributed by atoms with van der Waals surface area (Å²) in [7, 11) is 0. The fraction of sp³-hybridized carbons (Fsp3) is 0.174. The minimum absolute atomic E-state index is 0.641. The Hall–Kier alpha value is -3.71. The summed E-state index contributed by atoms with van der Waals surface area (Å²) in [5, 5.41) is 9.11. The van der Waals surface area contributed by atoms with Crippen LogP contribution in [0.4, 0.5) is 11.6 Å². The Morgan fingerprint density at radius 1 is 1.13 bits per heavy atom. The SMILES string of the molecule is C=C/C=C(C=C)/C=N/Nc1cc(N2CCOCC2)n2nc(-c3ccccc3)cc2n1. The Labute approximate surface area is 175 Å². The number of anilines is 2. The smallest absolute Gasteiger partial charge is 0.160 e. The monoisotopic (exact) mass is 400 g/mol. The van der Waals surface area contributed by atoms with E-state index in [-0.39, 0.29) is 0 Å². The van der Waals surface area contributed by atoms with Crippen molar-refractivity contribution in [2.45, 2.75) is 0 Å². The maximum atomic E-state index is 5.51. The molecule has 1 aliphatic heterocycles. The predicted octanol–water partition coefficient (Wildman–Crippen LogP) is 3.93. The standard InChI is InChI=1S/C23H24N6O/c1-3-8-18(4-2)17-24-26-21-16-23(28-11-13-30-14-12-28)29-22(25-21)15-20(27-29)19-9-6-5-7-10-19/h3-10,15-17H,1-2,11-14H2,(H,25,26)/b18-8+,24-17+. The molecule has 0 atom stereocenters. The largest absolute Gasteiger partial charge is 0.378 e. The van der Waals surface area contributed by atoms with E-state index in [1.807, 2.05) is 53.1 Å². The van der Waals surface area contributed by atoms with Gasteiger partial charge in [-0.1, -0.05) is 61.7 Å². The van der Waals surface area contributed by atoms with Gasteiger partial charge in [0.05, 0.1) is 25.1 Å². The lowest BCUT2D eigenvalue weighted by Gasteiger charge is -2.29. The number of ether oxygens (including phenoxy) is 1. The Bertz CT molecular complexity index is 1090. The predicted molar refractivity (Wildman–Crippen MR) is 122 cm³/mol. The van der Waals surface area contributed by atoms with Crippen LogP contribution in [-0.2, 0) is 4.74 Å². The van der Waals surface area contributed by atoms with Crippen molar-refractivity contribution in [3.63, 3.8) is 0 Å². The molecule has 0 amide bonds. The molecule has 152 valence electrons. The van der Waals surface area contributed by atoms with E-state index in [4.69, 9.17) is 14.8 Å². The van der Waals surface area contributed by atoms with Crippen LogP contribution in [0.5, 0.6) is 0 Å². The summed E-state index contributed by atoms with van der Waals surface area (Å²) in [4.78, 5) is 6.95. The first-order valence-electron chi connectivity index (χ1n) is 9.81. The first-order chi connectivity index (χ1) is 14.8. The van der Waals surface area contributed by atoms with Gasteiger partial charge in [0, 0.05) is 30.8 Å². The Kier molecular flexibility index (Phi) is 6.01. The normalized spacial score (nSPS) is 14.9. The first kappa shape index (κ1) is 19.6. The van der Waals surface area contributed by atoms with Crippen molar-refractivity contribution in [3.8, 4) is 11.3 Å². The minimum atomic E-state index is 0.641. The molecule has 3 aromatic rings. The van der Waals surface area contributed by atoms with Crippen molar-refractivity contribution < 1.29 is 4.74 Å². The number of hydrogen-bond donors (Lipinski definition) is 1. The van der Waals surface area contributed by atoms with E-state index in [0.717, 1.165) is 41.4 Å². The van der Waals surface area contributed by atoms with Gasteiger partial charge in [-0.3, -0.25) is 5.43 Å². The van der Waals surface area contributed by atoms with E-state index in [2.05, 4.69) is 28.6 Å². The van der Waals surface area contributed by atoms with Crippen molar-refractivity contribution in [2.75, 3.05) is 36.6 Å². The van der Waals surface area contributed by atoms with Crippen molar-refractivity contribution in [1.29, 1.82) is 0 Å². The zero-order valence-electron chi connectivity index (χ0n) is 16.7. The second kappa shape index (κ2) is 9.19. The van der Waals surface area contributed by atoms with Crippen LogP contribution in [0.1, 0.15) is 0 Å². The highest BCUT2D eigenvalue weighted by Gasteiger charge is 2.18. The maximum absolute atomic E-state index is 5.51. The van der Waals surface area contributed by atoms with Crippen LogP contribution in [0.3, 0.4) is 0 Å². The molecule has 1 fully saturated rings. The van der Waals surface area contributed by atoms with E-state index < -0.39 is 0 Å². The zero-order valence-corrected chi connectivity index (χ0v) is 16.7. The molecule has 2 aromatic heterocycles. The van der Waals surface area contributed by atoms with E-state index in [0.29, 0.717) is 19.0 Å². The molecule has 30 heavy (non-hydrogen) atoms. The molecule has 0 bridgehead atoms. The number of hydrogen-bond acceptors (Lipinski definition) is 6. The molecule has 1 N–H and O–H groups in total. The molecule has 7 heteroatoms. The molecule has 4 rings (SSSR count). The third kappa shape index (κ3) is 4.31. The van der Waals surface area contributed by atoms with Gasteiger partial charge >= 0.3 is 0 Å². The molecule has 1 aliphatic rings. The first-order valence-corrected chi connectivity index (χ1v) is 9.81.